The number of aromatic nitrogens is 1. The molecule has 1 aromatic rings. The highest BCUT2D eigenvalue weighted by Crippen LogP contribution is 2.16. The Balaban J connectivity index is 2.32. The molecule has 0 radical (unpaired) electrons. The Bertz CT molecular complexity index is 484. The van der Waals surface area contributed by atoms with E-state index in [1.165, 1.54) is 11.3 Å². The van der Waals surface area contributed by atoms with Gasteiger partial charge in [0.25, 0.3) is 5.91 Å². The van der Waals surface area contributed by atoms with Gasteiger partial charge in [0.2, 0.25) is 0 Å². The molecule has 3 N–H and O–H groups in total. The number of nitrogens with one attached hydrogen (secondary N) is 2. The summed E-state index contributed by atoms with van der Waals surface area (Å²) in [5.74, 6) is -2.01. The van der Waals surface area contributed by atoms with Gasteiger partial charge in [-0.2, -0.15) is 0 Å². The van der Waals surface area contributed by atoms with Gasteiger partial charge < -0.3 is 10.4 Å². The van der Waals surface area contributed by atoms with Crippen LogP contribution < -0.4 is 10.6 Å². The van der Waals surface area contributed by atoms with E-state index in [0.717, 1.165) is 11.1 Å². The van der Waals surface area contributed by atoms with E-state index in [4.69, 9.17) is 5.11 Å². The first-order chi connectivity index (χ1) is 8.99. The molecule has 0 fully saturated rings. The molecule has 0 aromatic carbocycles. The SMILES string of the molecule is CC(CNC(=O)NC(=O)/C=C/C(=O)O)c1nccs1. The number of nitrogens with zero attached hydrogens (tertiary/aromatic N) is 1. The summed E-state index contributed by atoms with van der Waals surface area (Å²) in [6.45, 7) is 2.22. The molecular weight excluding hydrogens is 270 g/mol. The first kappa shape index (κ1) is 14.8. The monoisotopic (exact) mass is 283 g/mol. The Morgan fingerprint density at radius 3 is 2.79 bits per heavy atom. The minimum absolute atomic E-state index is 0.0374. The third kappa shape index (κ3) is 5.77. The minimum Gasteiger partial charge on any atom is -0.478 e. The van der Waals surface area contributed by atoms with Crippen molar-refractivity contribution in [2.24, 2.45) is 0 Å². The fraction of sp³-hybridized carbons (Fsp3) is 0.273. The van der Waals surface area contributed by atoms with E-state index in [0.29, 0.717) is 12.6 Å². The predicted octanol–water partition coefficient (Wildman–Crippen LogP) is 0.713. The molecule has 0 aliphatic carbocycles. The Labute approximate surface area is 113 Å². The number of aliphatic carboxylic acids is 1. The lowest BCUT2D eigenvalue weighted by Crippen LogP contribution is -2.40. The number of imide groups is 1. The zero-order valence-corrected chi connectivity index (χ0v) is 10.9. The van der Waals surface area contributed by atoms with Gasteiger partial charge in [0.1, 0.15) is 0 Å². The van der Waals surface area contributed by atoms with Gasteiger partial charge in [0.05, 0.1) is 5.01 Å². The number of hydrogen-bond donors (Lipinski definition) is 3. The van der Waals surface area contributed by atoms with Crippen molar-refractivity contribution in [2.45, 2.75) is 12.8 Å². The average Bonchev–Trinajstić information content (AvgIpc) is 2.87. The molecule has 0 spiro atoms. The molecule has 0 aliphatic heterocycles. The standard InChI is InChI=1S/C11H13N3O4S/c1-7(10-12-4-5-19-10)6-13-11(18)14-8(15)2-3-9(16)17/h2-5,7H,6H2,1H3,(H,16,17)(H2,13,14,15,18)/b3-2+. The maximum Gasteiger partial charge on any atom is 0.328 e. The van der Waals surface area contributed by atoms with Crippen LogP contribution in [0.1, 0.15) is 17.8 Å². The smallest absolute Gasteiger partial charge is 0.328 e. The van der Waals surface area contributed by atoms with Gasteiger partial charge in [0, 0.05) is 36.2 Å². The van der Waals surface area contributed by atoms with Crippen molar-refractivity contribution in [2.75, 3.05) is 6.54 Å². The van der Waals surface area contributed by atoms with Crippen LogP contribution in [-0.2, 0) is 9.59 Å². The molecule has 102 valence electrons. The number of carboxylic acids is 1. The molecule has 0 bridgehead atoms. The molecule has 0 saturated carbocycles. The first-order valence-electron chi connectivity index (χ1n) is 5.38. The second-order valence-electron chi connectivity index (χ2n) is 3.64. The summed E-state index contributed by atoms with van der Waals surface area (Å²) in [6.07, 6.45) is 3.10. The Morgan fingerprint density at radius 2 is 2.21 bits per heavy atom. The van der Waals surface area contributed by atoms with Gasteiger partial charge in [-0.1, -0.05) is 6.92 Å². The maximum atomic E-state index is 11.3. The van der Waals surface area contributed by atoms with Gasteiger partial charge in [-0.15, -0.1) is 11.3 Å². The summed E-state index contributed by atoms with van der Waals surface area (Å²) in [4.78, 5) is 36.7. The summed E-state index contributed by atoms with van der Waals surface area (Å²) in [5, 5.41) is 15.5. The number of rotatable bonds is 5. The second-order valence-corrected chi connectivity index (χ2v) is 4.57. The molecule has 1 heterocycles. The second kappa shape index (κ2) is 7.27. The number of carbonyl (C=O) groups is 3. The van der Waals surface area contributed by atoms with Crippen LogP contribution in [0.5, 0.6) is 0 Å². The molecule has 0 aliphatic rings. The Kier molecular flexibility index (Phi) is 5.68. The summed E-state index contributed by atoms with van der Waals surface area (Å²) < 4.78 is 0. The van der Waals surface area contributed by atoms with Crippen molar-refractivity contribution in [3.63, 3.8) is 0 Å². The lowest BCUT2D eigenvalue weighted by atomic mass is 10.2. The molecule has 7 nitrogen and oxygen atoms in total. The summed E-state index contributed by atoms with van der Waals surface area (Å²) in [7, 11) is 0. The molecule has 1 aromatic heterocycles. The highest BCUT2D eigenvalue weighted by atomic mass is 32.1. The fourth-order valence-electron chi connectivity index (χ4n) is 1.16. The molecule has 3 amide bonds. The van der Waals surface area contributed by atoms with Crippen molar-refractivity contribution in [1.29, 1.82) is 0 Å². The summed E-state index contributed by atoms with van der Waals surface area (Å²) >= 11 is 1.48. The summed E-state index contributed by atoms with van der Waals surface area (Å²) in [6, 6.07) is -0.677. The minimum atomic E-state index is -1.26. The lowest BCUT2D eigenvalue weighted by Gasteiger charge is -2.09. The van der Waals surface area contributed by atoms with Crippen LogP contribution in [0.25, 0.3) is 0 Å². The summed E-state index contributed by atoms with van der Waals surface area (Å²) in [5.41, 5.74) is 0. The molecule has 19 heavy (non-hydrogen) atoms. The van der Waals surface area contributed by atoms with E-state index in [1.54, 1.807) is 6.20 Å². The van der Waals surface area contributed by atoms with Gasteiger partial charge >= 0.3 is 12.0 Å². The van der Waals surface area contributed by atoms with E-state index < -0.39 is 17.9 Å². The van der Waals surface area contributed by atoms with Crippen LogP contribution in [0.4, 0.5) is 4.79 Å². The Hall–Kier alpha value is -2.22. The van der Waals surface area contributed by atoms with Crippen molar-refractivity contribution in [1.82, 2.24) is 15.6 Å². The first-order valence-corrected chi connectivity index (χ1v) is 6.26. The van der Waals surface area contributed by atoms with Crippen molar-refractivity contribution in [3.8, 4) is 0 Å². The zero-order chi connectivity index (χ0) is 14.3. The number of carboxylic acid groups (broad SMARTS) is 1. The largest absolute Gasteiger partial charge is 0.478 e. The molecule has 1 atom stereocenters. The highest BCUT2D eigenvalue weighted by molar-refractivity contribution is 7.09. The van der Waals surface area contributed by atoms with Crippen LogP contribution in [0.15, 0.2) is 23.7 Å². The van der Waals surface area contributed by atoms with Gasteiger partial charge in [-0.3, -0.25) is 10.1 Å². The number of carbonyl (C=O) groups excluding carboxylic acids is 2. The lowest BCUT2D eigenvalue weighted by molar-refractivity contribution is -0.131. The third-order valence-electron chi connectivity index (χ3n) is 2.06. The third-order valence-corrected chi connectivity index (χ3v) is 3.06. The van der Waals surface area contributed by atoms with Crippen LogP contribution >= 0.6 is 11.3 Å². The molecular formula is C11H13N3O4S. The zero-order valence-electron chi connectivity index (χ0n) is 10.1. The van der Waals surface area contributed by atoms with E-state index in [1.807, 2.05) is 17.6 Å². The van der Waals surface area contributed by atoms with Crippen LogP contribution in [0.2, 0.25) is 0 Å². The Morgan fingerprint density at radius 1 is 1.47 bits per heavy atom. The van der Waals surface area contributed by atoms with Crippen molar-refractivity contribution < 1.29 is 19.5 Å². The van der Waals surface area contributed by atoms with Crippen molar-refractivity contribution >= 4 is 29.2 Å². The molecule has 0 saturated heterocycles. The average molecular weight is 283 g/mol. The number of urea groups is 1. The van der Waals surface area contributed by atoms with Crippen LogP contribution in [-0.4, -0.2) is 34.5 Å². The fourth-order valence-corrected chi connectivity index (χ4v) is 1.85. The molecule has 1 unspecified atom stereocenters. The van der Waals surface area contributed by atoms with Crippen LogP contribution in [0, 0.1) is 0 Å². The number of thiazole rings is 1. The highest BCUT2D eigenvalue weighted by Gasteiger charge is 2.10. The molecule has 1 rings (SSSR count). The van der Waals surface area contributed by atoms with Crippen molar-refractivity contribution in [3.05, 3.63) is 28.7 Å². The van der Waals surface area contributed by atoms with E-state index in [-0.39, 0.29) is 5.92 Å². The number of hydrogen-bond acceptors (Lipinski definition) is 5. The van der Waals surface area contributed by atoms with Gasteiger partial charge in [-0.05, 0) is 0 Å². The normalized spacial score (nSPS) is 12.1. The quantitative estimate of drug-likeness (QED) is 0.690. The van der Waals surface area contributed by atoms with E-state index in [9.17, 15) is 14.4 Å². The van der Waals surface area contributed by atoms with E-state index in [2.05, 4.69) is 10.3 Å². The molecule has 8 heteroatoms. The van der Waals surface area contributed by atoms with Gasteiger partial charge in [0.15, 0.2) is 0 Å². The number of amides is 3. The maximum absolute atomic E-state index is 11.3. The topological polar surface area (TPSA) is 108 Å². The van der Waals surface area contributed by atoms with E-state index >= 15 is 0 Å². The van der Waals surface area contributed by atoms with Gasteiger partial charge in [-0.25, -0.2) is 14.6 Å². The predicted molar refractivity (Wildman–Crippen MR) is 68.8 cm³/mol. The van der Waals surface area contributed by atoms with Crippen LogP contribution in [0.3, 0.4) is 0 Å².